The maximum Gasteiger partial charge on any atom is 0.490 e. The Hall–Kier alpha value is -2.69. The number of piperazine rings is 1. The average Bonchev–Trinajstić information content (AvgIpc) is 2.76. The van der Waals surface area contributed by atoms with E-state index >= 15 is 0 Å². The molecule has 7 nitrogen and oxygen atoms in total. The van der Waals surface area contributed by atoms with Gasteiger partial charge in [-0.1, -0.05) is 19.8 Å². The van der Waals surface area contributed by atoms with Crippen molar-refractivity contribution in [1.29, 1.82) is 0 Å². The number of benzene rings is 1. The molecule has 2 amide bonds. The summed E-state index contributed by atoms with van der Waals surface area (Å²) >= 11 is 0. The first kappa shape index (κ1) is 27.3. The summed E-state index contributed by atoms with van der Waals surface area (Å²) in [5.74, 6) is -3.16. The fourth-order valence-electron chi connectivity index (χ4n) is 2.95. The molecule has 1 saturated heterocycles. The van der Waals surface area contributed by atoms with Crippen molar-refractivity contribution in [2.24, 2.45) is 0 Å². The van der Waals surface area contributed by atoms with E-state index in [4.69, 9.17) is 9.90 Å². The number of aliphatic carboxylic acids is 1. The molecular weight excluding hydrogens is 434 g/mol. The summed E-state index contributed by atoms with van der Waals surface area (Å²) in [6, 6.07) is 5.60. The van der Waals surface area contributed by atoms with Crippen LogP contribution in [0.4, 0.5) is 17.6 Å². The van der Waals surface area contributed by atoms with Crippen LogP contribution in [0.3, 0.4) is 0 Å². The number of rotatable bonds is 8. The van der Waals surface area contributed by atoms with Crippen LogP contribution in [0.5, 0.6) is 0 Å². The summed E-state index contributed by atoms with van der Waals surface area (Å²) in [6.45, 7) is 6.23. The van der Waals surface area contributed by atoms with Crippen molar-refractivity contribution in [3.63, 3.8) is 0 Å². The first-order chi connectivity index (χ1) is 15.1. The molecule has 0 aromatic heterocycles. The molecule has 0 atom stereocenters. The Labute approximate surface area is 184 Å². The van der Waals surface area contributed by atoms with Crippen LogP contribution >= 0.6 is 0 Å². The molecule has 0 spiro atoms. The molecule has 1 aromatic rings. The highest BCUT2D eigenvalue weighted by molar-refractivity contribution is 5.94. The van der Waals surface area contributed by atoms with Gasteiger partial charge in [-0.05, 0) is 30.7 Å². The van der Waals surface area contributed by atoms with Crippen molar-refractivity contribution in [3.05, 3.63) is 35.6 Å². The third-order valence-electron chi connectivity index (χ3n) is 4.72. The average molecular weight is 463 g/mol. The molecule has 2 N–H and O–H groups in total. The van der Waals surface area contributed by atoms with Gasteiger partial charge in [0.25, 0.3) is 5.91 Å². The van der Waals surface area contributed by atoms with Crippen molar-refractivity contribution >= 4 is 17.8 Å². The van der Waals surface area contributed by atoms with Crippen LogP contribution in [0.25, 0.3) is 0 Å². The van der Waals surface area contributed by atoms with Gasteiger partial charge < -0.3 is 20.2 Å². The summed E-state index contributed by atoms with van der Waals surface area (Å²) in [4.78, 5) is 37.5. The minimum atomic E-state index is -5.08. The third kappa shape index (κ3) is 10.1. The lowest BCUT2D eigenvalue weighted by Crippen LogP contribution is -2.47. The number of nitrogens with zero attached hydrogens (tertiary/aromatic N) is 2. The lowest BCUT2D eigenvalue weighted by atomic mass is 10.1. The molecule has 0 radical (unpaired) electrons. The normalized spacial score (nSPS) is 13.7. The second-order valence-electron chi connectivity index (χ2n) is 7.19. The molecule has 0 unspecified atom stereocenters. The number of carbonyl (C=O) groups is 3. The van der Waals surface area contributed by atoms with Gasteiger partial charge in [-0.25, -0.2) is 9.18 Å². The predicted molar refractivity (Wildman–Crippen MR) is 110 cm³/mol. The fraction of sp³-hybridized carbons (Fsp3) is 0.571. The van der Waals surface area contributed by atoms with Crippen LogP contribution in [0.15, 0.2) is 24.3 Å². The van der Waals surface area contributed by atoms with Crippen LogP contribution < -0.4 is 5.32 Å². The predicted octanol–water partition coefficient (Wildman–Crippen LogP) is 2.91. The number of hydrogen-bond donors (Lipinski definition) is 2. The number of carbonyl (C=O) groups excluding carboxylic acids is 2. The molecule has 1 aromatic carbocycles. The van der Waals surface area contributed by atoms with Crippen LogP contribution in [0.2, 0.25) is 0 Å². The lowest BCUT2D eigenvalue weighted by Gasteiger charge is -2.29. The van der Waals surface area contributed by atoms with E-state index in [-0.39, 0.29) is 17.6 Å². The van der Waals surface area contributed by atoms with Gasteiger partial charge >= 0.3 is 12.1 Å². The Bertz CT molecular complexity index is 736. The standard InChI is InChI=1S/C19H28FN3O2.C2HF3O2/c1-2-3-4-12-23(19(25)16-5-7-17(20)8-6-16)13-9-18(24)22-14-10-21-11-15-22;3-2(4,5)1(6)7/h5-8,21H,2-4,9-15H2,1H3;(H,6,7). The Morgan fingerprint density at radius 2 is 1.62 bits per heavy atom. The van der Waals surface area contributed by atoms with Crippen molar-refractivity contribution in [2.75, 3.05) is 39.3 Å². The number of carboxylic acids is 1. The molecule has 0 bridgehead atoms. The number of nitrogens with one attached hydrogen (secondary N) is 1. The van der Waals surface area contributed by atoms with Gasteiger partial charge in [0.2, 0.25) is 5.91 Å². The number of hydrogen-bond acceptors (Lipinski definition) is 4. The van der Waals surface area contributed by atoms with Crippen LogP contribution in [0, 0.1) is 5.82 Å². The second kappa shape index (κ2) is 13.7. The van der Waals surface area contributed by atoms with Gasteiger partial charge in [0.1, 0.15) is 5.82 Å². The Morgan fingerprint density at radius 3 is 2.12 bits per heavy atom. The third-order valence-corrected chi connectivity index (χ3v) is 4.72. The fourth-order valence-corrected chi connectivity index (χ4v) is 2.95. The Morgan fingerprint density at radius 1 is 1.06 bits per heavy atom. The number of unbranched alkanes of at least 4 members (excludes halogenated alkanes) is 2. The monoisotopic (exact) mass is 463 g/mol. The molecule has 11 heteroatoms. The molecule has 0 aliphatic carbocycles. The number of halogens is 4. The number of amides is 2. The molecular formula is C21H29F4N3O4. The Kier molecular flexibility index (Phi) is 11.7. The molecule has 180 valence electrons. The van der Waals surface area contributed by atoms with E-state index in [1.807, 2.05) is 4.90 Å². The number of alkyl halides is 3. The summed E-state index contributed by atoms with van der Waals surface area (Å²) in [5.41, 5.74) is 0.465. The number of carboxylic acid groups (broad SMARTS) is 1. The van der Waals surface area contributed by atoms with Crippen molar-refractivity contribution < 1.29 is 37.1 Å². The van der Waals surface area contributed by atoms with Crippen molar-refractivity contribution in [2.45, 2.75) is 38.8 Å². The summed E-state index contributed by atoms with van der Waals surface area (Å²) in [7, 11) is 0. The Balaban J connectivity index is 0.000000633. The molecule has 1 fully saturated rings. The zero-order chi connectivity index (χ0) is 24.1. The summed E-state index contributed by atoms with van der Waals surface area (Å²) in [5, 5.41) is 10.3. The molecule has 1 aliphatic rings. The van der Waals surface area contributed by atoms with Crippen LogP contribution in [0.1, 0.15) is 43.0 Å². The van der Waals surface area contributed by atoms with E-state index in [0.29, 0.717) is 25.1 Å². The van der Waals surface area contributed by atoms with Gasteiger partial charge in [0.15, 0.2) is 0 Å². The molecule has 0 saturated carbocycles. The van der Waals surface area contributed by atoms with E-state index in [1.54, 1.807) is 4.90 Å². The maximum absolute atomic E-state index is 13.1. The highest BCUT2D eigenvalue weighted by Crippen LogP contribution is 2.13. The first-order valence-electron chi connectivity index (χ1n) is 10.4. The molecule has 32 heavy (non-hydrogen) atoms. The van der Waals surface area contributed by atoms with Crippen LogP contribution in [-0.4, -0.2) is 78.1 Å². The zero-order valence-corrected chi connectivity index (χ0v) is 18.0. The van der Waals surface area contributed by atoms with E-state index in [2.05, 4.69) is 12.2 Å². The highest BCUT2D eigenvalue weighted by atomic mass is 19.4. The molecule has 1 aliphatic heterocycles. The van der Waals surface area contributed by atoms with E-state index < -0.39 is 12.1 Å². The van der Waals surface area contributed by atoms with Crippen molar-refractivity contribution in [3.8, 4) is 0 Å². The summed E-state index contributed by atoms with van der Waals surface area (Å²) < 4.78 is 44.8. The van der Waals surface area contributed by atoms with Gasteiger partial charge in [0, 0.05) is 51.3 Å². The first-order valence-corrected chi connectivity index (χ1v) is 10.4. The quantitative estimate of drug-likeness (QED) is 0.457. The maximum atomic E-state index is 13.1. The van der Waals surface area contributed by atoms with E-state index in [1.165, 1.54) is 24.3 Å². The van der Waals surface area contributed by atoms with E-state index in [9.17, 15) is 27.2 Å². The van der Waals surface area contributed by atoms with Gasteiger partial charge in [0.05, 0.1) is 0 Å². The van der Waals surface area contributed by atoms with Gasteiger partial charge in [-0.2, -0.15) is 13.2 Å². The van der Waals surface area contributed by atoms with Crippen molar-refractivity contribution in [1.82, 2.24) is 15.1 Å². The SMILES string of the molecule is CCCCCN(CCC(=O)N1CCNCC1)C(=O)c1ccc(F)cc1.O=C(O)C(F)(F)F. The molecule has 2 rings (SSSR count). The smallest absolute Gasteiger partial charge is 0.475 e. The summed E-state index contributed by atoms with van der Waals surface area (Å²) in [6.07, 6.45) is -1.73. The minimum Gasteiger partial charge on any atom is -0.475 e. The van der Waals surface area contributed by atoms with Gasteiger partial charge in [-0.3, -0.25) is 9.59 Å². The topological polar surface area (TPSA) is 90.0 Å². The molecule has 1 heterocycles. The van der Waals surface area contributed by atoms with E-state index in [0.717, 1.165) is 45.4 Å². The lowest BCUT2D eigenvalue weighted by molar-refractivity contribution is -0.192. The van der Waals surface area contributed by atoms with Gasteiger partial charge in [-0.15, -0.1) is 0 Å². The zero-order valence-electron chi connectivity index (χ0n) is 18.0. The second-order valence-corrected chi connectivity index (χ2v) is 7.19. The van der Waals surface area contributed by atoms with Crippen LogP contribution in [-0.2, 0) is 9.59 Å². The largest absolute Gasteiger partial charge is 0.490 e. The minimum absolute atomic E-state index is 0.0916. The highest BCUT2D eigenvalue weighted by Gasteiger charge is 2.38.